The summed E-state index contributed by atoms with van der Waals surface area (Å²) in [5.41, 5.74) is -0.563. The Morgan fingerprint density at radius 3 is 2.48 bits per heavy atom. The standard InChI is InChI=1S/C22H20F4N4O3/c23-17-4-6-18(7-5-17)32-14-20(31)30-10-8-29(9-11-30)13-19-27-21(28-33-19)15-2-1-3-16(12-15)22(24,25)26/h1-7,12H,8-11,13-14H2. The molecule has 1 saturated heterocycles. The van der Waals surface area contributed by atoms with Crippen molar-refractivity contribution < 1.29 is 31.6 Å². The molecule has 1 aliphatic heterocycles. The van der Waals surface area contributed by atoms with E-state index in [1.54, 1.807) is 4.90 Å². The van der Waals surface area contributed by atoms with Gasteiger partial charge < -0.3 is 14.2 Å². The van der Waals surface area contributed by atoms with Gasteiger partial charge >= 0.3 is 6.18 Å². The third kappa shape index (κ3) is 5.86. The molecular formula is C22H20F4N4O3. The number of piperazine rings is 1. The van der Waals surface area contributed by atoms with Crippen molar-refractivity contribution in [1.82, 2.24) is 19.9 Å². The summed E-state index contributed by atoms with van der Waals surface area (Å²) in [6, 6.07) is 10.2. The number of rotatable bonds is 6. The molecule has 0 bridgehead atoms. The molecular weight excluding hydrogens is 444 g/mol. The highest BCUT2D eigenvalue weighted by molar-refractivity contribution is 5.77. The maximum absolute atomic E-state index is 12.9. The SMILES string of the molecule is O=C(COc1ccc(F)cc1)N1CCN(Cc2nc(-c3cccc(C(F)(F)F)c3)no2)CC1. The van der Waals surface area contributed by atoms with E-state index in [-0.39, 0.29) is 35.6 Å². The van der Waals surface area contributed by atoms with Crippen molar-refractivity contribution in [3.63, 3.8) is 0 Å². The fraction of sp³-hybridized carbons (Fsp3) is 0.318. The van der Waals surface area contributed by atoms with Crippen LogP contribution in [0.5, 0.6) is 5.75 Å². The number of alkyl halides is 3. The molecule has 0 atom stereocenters. The van der Waals surface area contributed by atoms with Crippen LogP contribution in [0.3, 0.4) is 0 Å². The zero-order chi connectivity index (χ0) is 23.4. The van der Waals surface area contributed by atoms with Crippen LogP contribution in [-0.4, -0.2) is 58.6 Å². The largest absolute Gasteiger partial charge is 0.484 e. The fourth-order valence-corrected chi connectivity index (χ4v) is 3.38. The number of halogens is 4. The first kappa shape index (κ1) is 22.7. The Morgan fingerprint density at radius 2 is 1.79 bits per heavy atom. The summed E-state index contributed by atoms with van der Waals surface area (Å²) in [6.07, 6.45) is -4.45. The van der Waals surface area contributed by atoms with Gasteiger partial charge in [0.05, 0.1) is 12.1 Å². The molecule has 0 unspecified atom stereocenters. The highest BCUT2D eigenvalue weighted by Crippen LogP contribution is 2.31. The first-order chi connectivity index (χ1) is 15.8. The maximum atomic E-state index is 12.9. The van der Waals surface area contributed by atoms with Crippen molar-refractivity contribution in [2.24, 2.45) is 0 Å². The van der Waals surface area contributed by atoms with Crippen LogP contribution in [0.25, 0.3) is 11.4 Å². The number of hydrogen-bond acceptors (Lipinski definition) is 6. The molecule has 3 aromatic rings. The molecule has 1 amide bonds. The van der Waals surface area contributed by atoms with Gasteiger partial charge in [0, 0.05) is 31.7 Å². The van der Waals surface area contributed by atoms with Crippen LogP contribution in [-0.2, 0) is 17.5 Å². The van der Waals surface area contributed by atoms with E-state index in [1.807, 2.05) is 4.90 Å². The summed E-state index contributed by atoms with van der Waals surface area (Å²) in [5, 5.41) is 3.79. The van der Waals surface area contributed by atoms with Crippen molar-refractivity contribution in [3.8, 4) is 17.1 Å². The lowest BCUT2D eigenvalue weighted by atomic mass is 10.1. The first-order valence-electron chi connectivity index (χ1n) is 10.2. The number of hydrogen-bond donors (Lipinski definition) is 0. The van der Waals surface area contributed by atoms with Crippen LogP contribution < -0.4 is 4.74 Å². The number of carbonyl (C=O) groups is 1. The van der Waals surface area contributed by atoms with Crippen LogP contribution in [0.2, 0.25) is 0 Å². The molecule has 0 N–H and O–H groups in total. The monoisotopic (exact) mass is 464 g/mol. The van der Waals surface area contributed by atoms with Crippen LogP contribution in [0, 0.1) is 5.82 Å². The third-order valence-electron chi connectivity index (χ3n) is 5.18. The van der Waals surface area contributed by atoms with E-state index in [2.05, 4.69) is 10.1 Å². The third-order valence-corrected chi connectivity index (χ3v) is 5.18. The van der Waals surface area contributed by atoms with Gasteiger partial charge in [0.2, 0.25) is 11.7 Å². The van der Waals surface area contributed by atoms with Gasteiger partial charge in [-0.25, -0.2) is 4.39 Å². The van der Waals surface area contributed by atoms with Crippen LogP contribution in [0.15, 0.2) is 53.1 Å². The van der Waals surface area contributed by atoms with Crippen LogP contribution in [0.4, 0.5) is 17.6 Å². The van der Waals surface area contributed by atoms with E-state index in [4.69, 9.17) is 9.26 Å². The van der Waals surface area contributed by atoms with E-state index in [0.717, 1.165) is 12.1 Å². The molecule has 33 heavy (non-hydrogen) atoms. The lowest BCUT2D eigenvalue weighted by molar-refractivity contribution is -0.137. The summed E-state index contributed by atoms with van der Waals surface area (Å²) in [6.45, 7) is 2.24. The number of aromatic nitrogens is 2. The zero-order valence-electron chi connectivity index (χ0n) is 17.4. The average Bonchev–Trinajstić information content (AvgIpc) is 3.27. The summed E-state index contributed by atoms with van der Waals surface area (Å²) in [7, 11) is 0. The molecule has 7 nitrogen and oxygen atoms in total. The molecule has 1 aromatic heterocycles. The second kappa shape index (κ2) is 9.57. The van der Waals surface area contributed by atoms with E-state index < -0.39 is 11.7 Å². The Bertz CT molecular complexity index is 1090. The topological polar surface area (TPSA) is 71.7 Å². The highest BCUT2D eigenvalue weighted by Gasteiger charge is 2.31. The molecule has 0 aliphatic carbocycles. The molecule has 1 aliphatic rings. The molecule has 11 heteroatoms. The number of benzene rings is 2. The van der Waals surface area contributed by atoms with Gasteiger partial charge in [0.1, 0.15) is 11.6 Å². The Kier molecular flexibility index (Phi) is 6.59. The first-order valence-corrected chi connectivity index (χ1v) is 10.2. The smallest absolute Gasteiger partial charge is 0.416 e. The second-order valence-corrected chi connectivity index (χ2v) is 7.49. The average molecular weight is 464 g/mol. The molecule has 0 spiro atoms. The fourth-order valence-electron chi connectivity index (χ4n) is 3.38. The predicted molar refractivity (Wildman–Crippen MR) is 108 cm³/mol. The Hall–Kier alpha value is -3.47. The second-order valence-electron chi connectivity index (χ2n) is 7.49. The van der Waals surface area contributed by atoms with E-state index in [1.165, 1.54) is 36.4 Å². The molecule has 2 aromatic carbocycles. The molecule has 174 valence electrons. The summed E-state index contributed by atoms with van der Waals surface area (Å²) in [4.78, 5) is 20.2. The normalized spacial score (nSPS) is 15.0. The van der Waals surface area contributed by atoms with Crippen LogP contribution in [0.1, 0.15) is 11.5 Å². The lowest BCUT2D eigenvalue weighted by Gasteiger charge is -2.33. The number of carbonyl (C=O) groups excluding carboxylic acids is 1. The highest BCUT2D eigenvalue weighted by atomic mass is 19.4. The Morgan fingerprint density at radius 1 is 1.06 bits per heavy atom. The Balaban J connectivity index is 1.27. The predicted octanol–water partition coefficient (Wildman–Crippen LogP) is 3.62. The molecule has 4 rings (SSSR count). The summed E-state index contributed by atoms with van der Waals surface area (Å²) < 4.78 is 62.3. The van der Waals surface area contributed by atoms with Gasteiger partial charge in [-0.05, 0) is 36.4 Å². The number of nitrogens with zero attached hydrogens (tertiary/aromatic N) is 4. The number of amides is 1. The zero-order valence-corrected chi connectivity index (χ0v) is 17.4. The quantitative estimate of drug-likeness (QED) is 0.519. The molecule has 2 heterocycles. The van der Waals surface area contributed by atoms with Crippen molar-refractivity contribution in [3.05, 3.63) is 65.8 Å². The van der Waals surface area contributed by atoms with Crippen molar-refractivity contribution in [2.75, 3.05) is 32.8 Å². The van der Waals surface area contributed by atoms with Gasteiger partial charge in [-0.15, -0.1) is 0 Å². The molecule has 0 radical (unpaired) electrons. The minimum absolute atomic E-state index is 0.0860. The molecule has 0 saturated carbocycles. The van der Waals surface area contributed by atoms with Gasteiger partial charge in [-0.3, -0.25) is 9.69 Å². The Labute approximate surface area is 186 Å². The van der Waals surface area contributed by atoms with E-state index in [0.29, 0.717) is 38.5 Å². The van der Waals surface area contributed by atoms with Gasteiger partial charge in [-0.1, -0.05) is 17.3 Å². The van der Waals surface area contributed by atoms with Gasteiger partial charge in [0.15, 0.2) is 6.61 Å². The molecule has 1 fully saturated rings. The number of ether oxygens (including phenoxy) is 1. The maximum Gasteiger partial charge on any atom is 0.416 e. The summed E-state index contributed by atoms with van der Waals surface area (Å²) >= 11 is 0. The van der Waals surface area contributed by atoms with E-state index >= 15 is 0 Å². The minimum atomic E-state index is -4.45. The summed E-state index contributed by atoms with van der Waals surface area (Å²) in [5.74, 6) is 0.220. The van der Waals surface area contributed by atoms with Gasteiger partial charge in [0.25, 0.3) is 5.91 Å². The van der Waals surface area contributed by atoms with Crippen molar-refractivity contribution >= 4 is 5.91 Å². The lowest BCUT2D eigenvalue weighted by Crippen LogP contribution is -2.49. The van der Waals surface area contributed by atoms with Crippen molar-refractivity contribution in [1.29, 1.82) is 0 Å². The van der Waals surface area contributed by atoms with Gasteiger partial charge in [-0.2, -0.15) is 18.2 Å². The minimum Gasteiger partial charge on any atom is -0.484 e. The van der Waals surface area contributed by atoms with Crippen molar-refractivity contribution in [2.45, 2.75) is 12.7 Å². The van der Waals surface area contributed by atoms with Crippen LogP contribution >= 0.6 is 0 Å². The van der Waals surface area contributed by atoms with E-state index in [9.17, 15) is 22.4 Å².